The molecule has 0 saturated carbocycles. The molecular formula is C14H19ClN2O2. The minimum atomic E-state index is 0. The van der Waals surface area contributed by atoms with Crippen molar-refractivity contribution in [3.05, 3.63) is 29.3 Å². The van der Waals surface area contributed by atoms with Crippen molar-refractivity contribution in [3.8, 4) is 5.75 Å². The Hall–Kier alpha value is -1.26. The van der Waals surface area contributed by atoms with Crippen LogP contribution in [0.5, 0.6) is 5.75 Å². The first kappa shape index (κ1) is 14.2. The van der Waals surface area contributed by atoms with Gasteiger partial charge in [-0.05, 0) is 42.6 Å². The van der Waals surface area contributed by atoms with Gasteiger partial charge in [0.15, 0.2) is 0 Å². The number of amides is 1. The van der Waals surface area contributed by atoms with Crippen molar-refractivity contribution < 1.29 is 9.90 Å². The quantitative estimate of drug-likeness (QED) is 0.817. The molecule has 0 radical (unpaired) electrons. The molecule has 0 spiro atoms. The van der Waals surface area contributed by atoms with Crippen molar-refractivity contribution in [2.24, 2.45) is 5.92 Å². The molecule has 2 heterocycles. The number of fused-ring (bicyclic) bond motifs is 1. The van der Waals surface area contributed by atoms with Crippen molar-refractivity contribution in [1.82, 2.24) is 10.2 Å². The standard InChI is InChI=1S/C14H18N2O2.ClH/c17-13-2-1-10-4-6-16(9-12(10)7-13)14(18)11-3-5-15-8-11;/h1-2,7,11,15,17H,3-6,8-9H2;1H. The Morgan fingerprint density at radius 1 is 1.37 bits per heavy atom. The molecule has 1 amide bonds. The normalized spacial score (nSPS) is 21.7. The van der Waals surface area contributed by atoms with Crippen LogP contribution in [0, 0.1) is 5.92 Å². The topological polar surface area (TPSA) is 52.6 Å². The van der Waals surface area contributed by atoms with Crippen LogP contribution in [-0.4, -0.2) is 35.5 Å². The lowest BCUT2D eigenvalue weighted by atomic mass is 9.97. The average molecular weight is 283 g/mol. The zero-order valence-electron chi connectivity index (χ0n) is 10.8. The molecule has 1 aromatic carbocycles. The third-order valence-electron chi connectivity index (χ3n) is 3.92. The zero-order valence-corrected chi connectivity index (χ0v) is 11.6. The summed E-state index contributed by atoms with van der Waals surface area (Å²) in [6.45, 7) is 3.19. The zero-order chi connectivity index (χ0) is 12.5. The van der Waals surface area contributed by atoms with E-state index in [1.165, 1.54) is 5.56 Å². The Morgan fingerprint density at radius 3 is 2.95 bits per heavy atom. The van der Waals surface area contributed by atoms with Crippen LogP contribution in [-0.2, 0) is 17.8 Å². The number of phenolic OH excluding ortho intramolecular Hbond substituents is 1. The summed E-state index contributed by atoms with van der Waals surface area (Å²) in [7, 11) is 0. The number of hydrogen-bond acceptors (Lipinski definition) is 3. The lowest BCUT2D eigenvalue weighted by molar-refractivity contribution is -0.135. The molecule has 2 aliphatic rings. The van der Waals surface area contributed by atoms with Crippen LogP contribution < -0.4 is 5.32 Å². The molecule has 3 rings (SSSR count). The van der Waals surface area contributed by atoms with Crippen molar-refractivity contribution in [2.45, 2.75) is 19.4 Å². The SMILES string of the molecule is Cl.O=C(C1CCNC1)N1CCc2ccc(O)cc2C1. The van der Waals surface area contributed by atoms with Gasteiger partial charge in [0, 0.05) is 19.6 Å². The van der Waals surface area contributed by atoms with E-state index in [9.17, 15) is 9.90 Å². The Kier molecular flexibility index (Phi) is 4.32. The van der Waals surface area contributed by atoms with Crippen molar-refractivity contribution >= 4 is 18.3 Å². The van der Waals surface area contributed by atoms with E-state index in [1.54, 1.807) is 12.1 Å². The van der Waals surface area contributed by atoms with Crippen LogP contribution in [0.15, 0.2) is 18.2 Å². The first-order valence-corrected chi connectivity index (χ1v) is 6.54. The monoisotopic (exact) mass is 282 g/mol. The lowest BCUT2D eigenvalue weighted by Gasteiger charge is -2.30. The maximum absolute atomic E-state index is 12.3. The Morgan fingerprint density at radius 2 is 2.21 bits per heavy atom. The highest BCUT2D eigenvalue weighted by molar-refractivity contribution is 5.85. The number of carbonyl (C=O) groups is 1. The van der Waals surface area contributed by atoms with Crippen LogP contribution in [0.2, 0.25) is 0 Å². The maximum atomic E-state index is 12.3. The predicted octanol–water partition coefficient (Wildman–Crippen LogP) is 1.31. The molecule has 104 valence electrons. The summed E-state index contributed by atoms with van der Waals surface area (Å²) < 4.78 is 0. The van der Waals surface area contributed by atoms with E-state index in [0.717, 1.165) is 38.0 Å². The van der Waals surface area contributed by atoms with Gasteiger partial charge in [-0.15, -0.1) is 12.4 Å². The van der Waals surface area contributed by atoms with Crippen molar-refractivity contribution in [2.75, 3.05) is 19.6 Å². The highest BCUT2D eigenvalue weighted by Crippen LogP contribution is 2.24. The molecule has 19 heavy (non-hydrogen) atoms. The molecule has 1 aromatic rings. The van der Waals surface area contributed by atoms with Gasteiger partial charge in [-0.1, -0.05) is 6.07 Å². The number of phenols is 1. The molecular weight excluding hydrogens is 264 g/mol. The highest BCUT2D eigenvalue weighted by atomic mass is 35.5. The van der Waals surface area contributed by atoms with E-state index < -0.39 is 0 Å². The Labute approximate surface area is 119 Å². The number of rotatable bonds is 1. The molecule has 5 heteroatoms. The molecule has 0 bridgehead atoms. The van der Waals surface area contributed by atoms with Crippen molar-refractivity contribution in [3.63, 3.8) is 0 Å². The maximum Gasteiger partial charge on any atom is 0.227 e. The summed E-state index contributed by atoms with van der Waals surface area (Å²) in [4.78, 5) is 14.2. The number of halogens is 1. The summed E-state index contributed by atoms with van der Waals surface area (Å²) >= 11 is 0. The van der Waals surface area contributed by atoms with Gasteiger partial charge in [-0.2, -0.15) is 0 Å². The summed E-state index contributed by atoms with van der Waals surface area (Å²) in [5.41, 5.74) is 2.34. The largest absolute Gasteiger partial charge is 0.508 e. The van der Waals surface area contributed by atoms with Gasteiger partial charge in [0.1, 0.15) is 5.75 Å². The van der Waals surface area contributed by atoms with Gasteiger partial charge < -0.3 is 15.3 Å². The number of nitrogens with zero attached hydrogens (tertiary/aromatic N) is 1. The van der Waals surface area contributed by atoms with Crippen LogP contribution in [0.4, 0.5) is 0 Å². The van der Waals surface area contributed by atoms with E-state index in [0.29, 0.717) is 6.54 Å². The molecule has 1 atom stereocenters. The fourth-order valence-electron chi connectivity index (χ4n) is 2.86. The number of aromatic hydroxyl groups is 1. The van der Waals surface area contributed by atoms with Gasteiger partial charge in [-0.25, -0.2) is 0 Å². The highest BCUT2D eigenvalue weighted by Gasteiger charge is 2.29. The molecule has 4 nitrogen and oxygen atoms in total. The fourth-order valence-corrected chi connectivity index (χ4v) is 2.86. The Bertz CT molecular complexity index is 473. The smallest absolute Gasteiger partial charge is 0.227 e. The summed E-state index contributed by atoms with van der Waals surface area (Å²) in [5, 5.41) is 12.7. The number of hydrogen-bond donors (Lipinski definition) is 2. The number of nitrogens with one attached hydrogen (secondary N) is 1. The summed E-state index contributed by atoms with van der Waals surface area (Å²) in [6.07, 6.45) is 1.84. The second-order valence-corrected chi connectivity index (χ2v) is 5.15. The van der Waals surface area contributed by atoms with Crippen LogP contribution >= 0.6 is 12.4 Å². The fraction of sp³-hybridized carbons (Fsp3) is 0.500. The van der Waals surface area contributed by atoms with Gasteiger partial charge in [-0.3, -0.25) is 4.79 Å². The minimum absolute atomic E-state index is 0. The first-order chi connectivity index (χ1) is 8.74. The van der Waals surface area contributed by atoms with Crippen LogP contribution in [0.1, 0.15) is 17.5 Å². The van der Waals surface area contributed by atoms with Crippen molar-refractivity contribution in [1.29, 1.82) is 0 Å². The number of carbonyl (C=O) groups excluding carboxylic acids is 1. The summed E-state index contributed by atoms with van der Waals surface area (Å²) in [6, 6.07) is 5.46. The minimum Gasteiger partial charge on any atom is -0.508 e. The number of benzene rings is 1. The van der Waals surface area contributed by atoms with E-state index in [1.807, 2.05) is 11.0 Å². The second-order valence-electron chi connectivity index (χ2n) is 5.15. The van der Waals surface area contributed by atoms with Crippen LogP contribution in [0.3, 0.4) is 0 Å². The molecule has 1 unspecified atom stereocenters. The molecule has 0 aliphatic carbocycles. The lowest BCUT2D eigenvalue weighted by Crippen LogP contribution is -2.40. The molecule has 2 N–H and O–H groups in total. The van der Waals surface area contributed by atoms with Crippen LogP contribution in [0.25, 0.3) is 0 Å². The third kappa shape index (κ3) is 2.85. The molecule has 2 aliphatic heterocycles. The first-order valence-electron chi connectivity index (χ1n) is 6.54. The van der Waals surface area contributed by atoms with Gasteiger partial charge in [0.25, 0.3) is 0 Å². The molecule has 0 aromatic heterocycles. The summed E-state index contributed by atoms with van der Waals surface area (Å²) in [5.74, 6) is 0.684. The van der Waals surface area contributed by atoms with Gasteiger partial charge >= 0.3 is 0 Å². The van der Waals surface area contributed by atoms with E-state index in [2.05, 4.69) is 5.32 Å². The van der Waals surface area contributed by atoms with Gasteiger partial charge in [0.05, 0.1) is 5.92 Å². The van der Waals surface area contributed by atoms with E-state index >= 15 is 0 Å². The van der Waals surface area contributed by atoms with E-state index in [4.69, 9.17) is 0 Å². The second kappa shape index (κ2) is 5.80. The predicted molar refractivity (Wildman–Crippen MR) is 75.5 cm³/mol. The van der Waals surface area contributed by atoms with Gasteiger partial charge in [0.2, 0.25) is 5.91 Å². The van der Waals surface area contributed by atoms with E-state index in [-0.39, 0.29) is 30.0 Å². The Balaban J connectivity index is 0.00000133. The average Bonchev–Trinajstić information content (AvgIpc) is 2.90. The molecule has 1 saturated heterocycles. The third-order valence-corrected chi connectivity index (χ3v) is 3.92. The molecule has 1 fully saturated rings.